The van der Waals surface area contributed by atoms with E-state index < -0.39 is 5.79 Å². The molecule has 3 aliphatic rings. The summed E-state index contributed by atoms with van der Waals surface area (Å²) in [4.78, 5) is 3.97. The van der Waals surface area contributed by atoms with E-state index in [-0.39, 0.29) is 0 Å². The van der Waals surface area contributed by atoms with Gasteiger partial charge in [-0.25, -0.2) is 10.0 Å². The van der Waals surface area contributed by atoms with Crippen molar-refractivity contribution in [1.82, 2.24) is 10.4 Å². The number of nitrogens with zero attached hydrogens (tertiary/aromatic N) is 4. The van der Waals surface area contributed by atoms with Gasteiger partial charge < -0.3 is 0 Å². The number of hydrogen-bond acceptors (Lipinski definition) is 6. The summed E-state index contributed by atoms with van der Waals surface area (Å²) < 4.78 is 0. The molecule has 3 N–H and O–H groups in total. The maximum Gasteiger partial charge on any atom is 0.204 e. The first-order chi connectivity index (χ1) is 8.51. The molecule has 0 aromatic carbocycles. The van der Waals surface area contributed by atoms with Crippen LogP contribution < -0.4 is 11.2 Å². The molecule has 0 aromatic rings. The number of amidine groups is 1. The zero-order chi connectivity index (χ0) is 12.8. The lowest BCUT2D eigenvalue weighted by atomic mass is 9.70. The standard InChI is InChI=1S/C12H20N6/c1-11(2)5-3-4-9(6-11)12(13)17-16-10-7-14-8-15-18(10)12/h7-9,17H,3-6,13H2,1-2H3. The molecule has 1 aliphatic carbocycles. The van der Waals surface area contributed by atoms with Crippen molar-refractivity contribution in [2.75, 3.05) is 0 Å². The quantitative estimate of drug-likeness (QED) is 0.728. The Hall–Kier alpha value is -1.43. The highest BCUT2D eigenvalue weighted by Crippen LogP contribution is 2.43. The van der Waals surface area contributed by atoms with Gasteiger partial charge in [0.1, 0.15) is 6.34 Å². The minimum Gasteiger partial charge on any atom is -0.288 e. The van der Waals surface area contributed by atoms with E-state index in [9.17, 15) is 0 Å². The van der Waals surface area contributed by atoms with Crippen LogP contribution in [-0.4, -0.2) is 29.2 Å². The van der Waals surface area contributed by atoms with Crippen molar-refractivity contribution < 1.29 is 0 Å². The Labute approximate surface area is 107 Å². The van der Waals surface area contributed by atoms with Gasteiger partial charge in [0.05, 0.1) is 6.21 Å². The third-order valence-corrected chi connectivity index (χ3v) is 4.17. The molecule has 6 heteroatoms. The summed E-state index contributed by atoms with van der Waals surface area (Å²) in [7, 11) is 0. The minimum absolute atomic E-state index is 0.339. The summed E-state index contributed by atoms with van der Waals surface area (Å²) in [5.41, 5.74) is 9.94. The third-order valence-electron chi connectivity index (χ3n) is 4.17. The number of hydrogen-bond donors (Lipinski definition) is 2. The second-order valence-electron chi connectivity index (χ2n) is 6.19. The first-order valence-electron chi connectivity index (χ1n) is 6.51. The normalized spacial score (nSPS) is 37.2. The SMILES string of the molecule is CC1(C)CCCC(C2(N)NN=C3C=NC=NN32)C1. The van der Waals surface area contributed by atoms with Crippen molar-refractivity contribution in [3.8, 4) is 0 Å². The van der Waals surface area contributed by atoms with Gasteiger partial charge in [0.25, 0.3) is 0 Å². The van der Waals surface area contributed by atoms with Crippen molar-refractivity contribution in [2.24, 2.45) is 32.3 Å². The Morgan fingerprint density at radius 2 is 2.33 bits per heavy atom. The maximum absolute atomic E-state index is 6.53. The van der Waals surface area contributed by atoms with Crippen molar-refractivity contribution in [2.45, 2.75) is 45.3 Å². The fourth-order valence-electron chi connectivity index (χ4n) is 3.19. The van der Waals surface area contributed by atoms with Crippen LogP contribution in [0.4, 0.5) is 0 Å². The fourth-order valence-corrected chi connectivity index (χ4v) is 3.19. The number of aliphatic imine (C=N–C) groups is 1. The Morgan fingerprint density at radius 3 is 3.11 bits per heavy atom. The lowest BCUT2D eigenvalue weighted by Crippen LogP contribution is -2.65. The van der Waals surface area contributed by atoms with E-state index >= 15 is 0 Å². The number of fused-ring (bicyclic) bond motifs is 1. The van der Waals surface area contributed by atoms with Gasteiger partial charge in [0.2, 0.25) is 5.79 Å². The lowest BCUT2D eigenvalue weighted by Gasteiger charge is -2.45. The zero-order valence-electron chi connectivity index (χ0n) is 10.9. The van der Waals surface area contributed by atoms with E-state index in [4.69, 9.17) is 5.73 Å². The molecule has 6 nitrogen and oxygen atoms in total. The molecule has 3 rings (SSSR count). The average molecular weight is 248 g/mol. The summed E-state index contributed by atoms with van der Waals surface area (Å²) in [5.74, 6) is 0.338. The summed E-state index contributed by atoms with van der Waals surface area (Å²) >= 11 is 0. The fraction of sp³-hybridized carbons (Fsp3) is 0.750. The Morgan fingerprint density at radius 1 is 1.50 bits per heavy atom. The predicted octanol–water partition coefficient (Wildman–Crippen LogP) is 1.06. The van der Waals surface area contributed by atoms with Crippen LogP contribution in [0.3, 0.4) is 0 Å². The molecule has 98 valence electrons. The highest BCUT2D eigenvalue weighted by molar-refractivity contribution is 6.31. The van der Waals surface area contributed by atoms with Crippen molar-refractivity contribution >= 4 is 18.4 Å². The monoisotopic (exact) mass is 248 g/mol. The lowest BCUT2D eigenvalue weighted by molar-refractivity contribution is 0.0260. The molecule has 2 heterocycles. The molecule has 0 spiro atoms. The average Bonchev–Trinajstić information content (AvgIpc) is 2.68. The molecule has 0 radical (unpaired) electrons. The number of nitrogens with two attached hydrogens (primary N) is 1. The largest absolute Gasteiger partial charge is 0.288 e. The van der Waals surface area contributed by atoms with E-state index in [0.717, 1.165) is 12.8 Å². The van der Waals surface area contributed by atoms with Gasteiger partial charge in [-0.2, -0.15) is 10.2 Å². The topological polar surface area (TPSA) is 78.4 Å². The van der Waals surface area contributed by atoms with Gasteiger partial charge in [-0.1, -0.05) is 20.3 Å². The number of hydrazone groups is 2. The molecule has 1 fully saturated rings. The molecule has 2 unspecified atom stereocenters. The molecule has 0 saturated heterocycles. The van der Waals surface area contributed by atoms with Gasteiger partial charge in [0.15, 0.2) is 5.84 Å². The molecule has 18 heavy (non-hydrogen) atoms. The van der Waals surface area contributed by atoms with E-state index in [1.807, 2.05) is 0 Å². The summed E-state index contributed by atoms with van der Waals surface area (Å²) in [5, 5.41) is 10.3. The van der Waals surface area contributed by atoms with Crippen LogP contribution in [0.5, 0.6) is 0 Å². The van der Waals surface area contributed by atoms with Crippen molar-refractivity contribution in [3.63, 3.8) is 0 Å². The van der Waals surface area contributed by atoms with Gasteiger partial charge >= 0.3 is 0 Å². The third kappa shape index (κ3) is 1.71. The molecule has 2 aliphatic heterocycles. The number of rotatable bonds is 1. The van der Waals surface area contributed by atoms with Crippen LogP contribution in [0, 0.1) is 11.3 Å². The van der Waals surface area contributed by atoms with Crippen LogP contribution >= 0.6 is 0 Å². The molecule has 1 saturated carbocycles. The minimum atomic E-state index is -0.698. The van der Waals surface area contributed by atoms with E-state index in [1.165, 1.54) is 19.2 Å². The molecular formula is C12H20N6. The van der Waals surface area contributed by atoms with Crippen LogP contribution in [-0.2, 0) is 0 Å². The molecule has 0 aromatic heterocycles. The van der Waals surface area contributed by atoms with Crippen LogP contribution in [0.1, 0.15) is 39.5 Å². The second kappa shape index (κ2) is 3.78. The van der Waals surface area contributed by atoms with Gasteiger partial charge in [-0.15, -0.1) is 0 Å². The highest BCUT2D eigenvalue weighted by atomic mass is 15.7. The Bertz CT molecular complexity index is 438. The number of nitrogens with one attached hydrogen (secondary N) is 1. The maximum atomic E-state index is 6.53. The van der Waals surface area contributed by atoms with Crippen LogP contribution in [0.15, 0.2) is 15.2 Å². The van der Waals surface area contributed by atoms with E-state index in [2.05, 4.69) is 34.5 Å². The molecule has 0 amide bonds. The summed E-state index contributed by atoms with van der Waals surface area (Å²) in [6.45, 7) is 4.61. The van der Waals surface area contributed by atoms with Gasteiger partial charge in [-0.3, -0.25) is 11.2 Å². The summed E-state index contributed by atoms with van der Waals surface area (Å²) in [6, 6.07) is 0. The smallest absolute Gasteiger partial charge is 0.204 e. The van der Waals surface area contributed by atoms with Crippen LogP contribution in [0.25, 0.3) is 0 Å². The zero-order valence-corrected chi connectivity index (χ0v) is 10.9. The Balaban J connectivity index is 1.84. The van der Waals surface area contributed by atoms with Gasteiger partial charge in [-0.05, 0) is 24.7 Å². The first-order valence-corrected chi connectivity index (χ1v) is 6.51. The Kier molecular flexibility index (Phi) is 2.45. The molecular weight excluding hydrogens is 228 g/mol. The van der Waals surface area contributed by atoms with Gasteiger partial charge in [0, 0.05) is 5.92 Å². The van der Waals surface area contributed by atoms with E-state index in [1.54, 1.807) is 11.2 Å². The first kappa shape index (κ1) is 11.6. The molecule has 0 bridgehead atoms. The van der Waals surface area contributed by atoms with Crippen LogP contribution in [0.2, 0.25) is 0 Å². The van der Waals surface area contributed by atoms with E-state index in [0.29, 0.717) is 17.2 Å². The predicted molar refractivity (Wildman–Crippen MR) is 72.1 cm³/mol. The highest BCUT2D eigenvalue weighted by Gasteiger charge is 2.49. The van der Waals surface area contributed by atoms with Crippen molar-refractivity contribution in [1.29, 1.82) is 0 Å². The second-order valence-corrected chi connectivity index (χ2v) is 6.19. The summed E-state index contributed by atoms with van der Waals surface area (Å²) in [6.07, 6.45) is 7.86. The molecule has 2 atom stereocenters. The van der Waals surface area contributed by atoms with Crippen molar-refractivity contribution in [3.05, 3.63) is 0 Å².